The predicted octanol–water partition coefficient (Wildman–Crippen LogP) is 3.48. The quantitative estimate of drug-likeness (QED) is 0.749. The third-order valence-electron chi connectivity index (χ3n) is 3.94. The molecule has 0 N–H and O–H groups in total. The van der Waals surface area contributed by atoms with Crippen LogP contribution in [0.1, 0.15) is 39.2 Å². The molecule has 0 aliphatic carbocycles. The van der Waals surface area contributed by atoms with Gasteiger partial charge >= 0.3 is 0 Å². The van der Waals surface area contributed by atoms with Crippen molar-refractivity contribution in [3.8, 4) is 5.75 Å². The molecule has 1 aliphatic heterocycles. The van der Waals surface area contributed by atoms with Gasteiger partial charge in [0.2, 0.25) is 0 Å². The Kier molecular flexibility index (Phi) is 6.07. The van der Waals surface area contributed by atoms with Crippen molar-refractivity contribution >= 4 is 0 Å². The zero-order valence-corrected chi connectivity index (χ0v) is 13.7. The molecule has 1 saturated heterocycles. The summed E-state index contributed by atoms with van der Waals surface area (Å²) in [5.74, 6) is 0.994. The van der Waals surface area contributed by atoms with Gasteiger partial charge in [-0.05, 0) is 42.5 Å². The molecule has 0 spiro atoms. The molecule has 0 radical (unpaired) electrons. The molecule has 1 aromatic carbocycles. The minimum atomic E-state index is 0.176. The van der Waals surface area contributed by atoms with Gasteiger partial charge in [0.05, 0.1) is 19.8 Å². The Morgan fingerprint density at radius 3 is 2.62 bits per heavy atom. The number of hydrogen-bond donors (Lipinski definition) is 0. The molecule has 1 heterocycles. The summed E-state index contributed by atoms with van der Waals surface area (Å²) in [6.07, 6.45) is 2.30. The fourth-order valence-electron chi connectivity index (χ4n) is 2.50. The molecule has 0 amide bonds. The summed E-state index contributed by atoms with van der Waals surface area (Å²) in [5.41, 5.74) is 1.50. The van der Waals surface area contributed by atoms with Gasteiger partial charge in [-0.1, -0.05) is 32.9 Å². The minimum Gasteiger partial charge on any atom is -0.494 e. The van der Waals surface area contributed by atoms with E-state index in [-0.39, 0.29) is 5.41 Å². The first-order chi connectivity index (χ1) is 10.1. The summed E-state index contributed by atoms with van der Waals surface area (Å²) in [6, 6.07) is 8.48. The minimum absolute atomic E-state index is 0.176. The van der Waals surface area contributed by atoms with Crippen LogP contribution >= 0.6 is 0 Å². The van der Waals surface area contributed by atoms with Crippen LogP contribution in [-0.4, -0.2) is 44.4 Å². The van der Waals surface area contributed by atoms with Crippen molar-refractivity contribution in [3.63, 3.8) is 0 Å². The van der Waals surface area contributed by atoms with Crippen LogP contribution in [0.5, 0.6) is 5.75 Å². The van der Waals surface area contributed by atoms with Crippen LogP contribution in [0, 0.1) is 0 Å². The fraction of sp³-hybridized carbons (Fsp3) is 0.667. The summed E-state index contributed by atoms with van der Waals surface area (Å²) < 4.78 is 11.2. The van der Waals surface area contributed by atoms with E-state index in [9.17, 15) is 0 Å². The van der Waals surface area contributed by atoms with Crippen molar-refractivity contribution in [1.29, 1.82) is 0 Å². The van der Waals surface area contributed by atoms with Crippen LogP contribution in [-0.2, 0) is 10.2 Å². The summed E-state index contributed by atoms with van der Waals surface area (Å²) in [5, 5.41) is 0. The maximum absolute atomic E-state index is 5.89. The number of hydrogen-bond acceptors (Lipinski definition) is 3. The average Bonchev–Trinajstić information content (AvgIpc) is 2.47. The second-order valence-corrected chi connectivity index (χ2v) is 6.79. The van der Waals surface area contributed by atoms with E-state index in [0.717, 1.165) is 51.6 Å². The Bertz CT molecular complexity index is 419. The van der Waals surface area contributed by atoms with Crippen molar-refractivity contribution in [3.05, 3.63) is 29.8 Å². The number of unbranched alkanes of at least 4 members (excludes halogenated alkanes) is 1. The zero-order chi connectivity index (χ0) is 15.1. The highest BCUT2D eigenvalue weighted by molar-refractivity contribution is 5.32. The van der Waals surface area contributed by atoms with Crippen molar-refractivity contribution in [2.24, 2.45) is 0 Å². The predicted molar refractivity (Wildman–Crippen MR) is 87.1 cm³/mol. The fourth-order valence-corrected chi connectivity index (χ4v) is 2.50. The van der Waals surface area contributed by atoms with E-state index < -0.39 is 0 Å². The van der Waals surface area contributed by atoms with Gasteiger partial charge < -0.3 is 9.47 Å². The standard InChI is InChI=1S/C18H29NO2/c1-18(2,3)16-7-6-8-17(15-16)21-12-5-4-9-19-10-13-20-14-11-19/h6-8,15H,4-5,9-14H2,1-3H3. The van der Waals surface area contributed by atoms with Gasteiger partial charge in [-0.3, -0.25) is 4.90 Å². The van der Waals surface area contributed by atoms with Gasteiger partial charge in [0.1, 0.15) is 5.75 Å². The van der Waals surface area contributed by atoms with Crippen LogP contribution in [0.4, 0.5) is 0 Å². The first kappa shape index (κ1) is 16.3. The Morgan fingerprint density at radius 2 is 1.90 bits per heavy atom. The van der Waals surface area contributed by atoms with Gasteiger partial charge in [0.25, 0.3) is 0 Å². The molecule has 0 atom stereocenters. The number of nitrogens with zero attached hydrogens (tertiary/aromatic N) is 1. The van der Waals surface area contributed by atoms with E-state index in [1.165, 1.54) is 12.0 Å². The lowest BCUT2D eigenvalue weighted by atomic mass is 9.87. The monoisotopic (exact) mass is 291 g/mol. The second-order valence-electron chi connectivity index (χ2n) is 6.79. The Hall–Kier alpha value is -1.06. The topological polar surface area (TPSA) is 21.7 Å². The maximum atomic E-state index is 5.89. The normalized spacial score (nSPS) is 16.9. The molecular weight excluding hydrogens is 262 g/mol. The van der Waals surface area contributed by atoms with Crippen molar-refractivity contribution in [2.45, 2.75) is 39.0 Å². The van der Waals surface area contributed by atoms with Crippen molar-refractivity contribution in [2.75, 3.05) is 39.5 Å². The van der Waals surface area contributed by atoms with Gasteiger partial charge in [0, 0.05) is 13.1 Å². The molecule has 1 aliphatic rings. The van der Waals surface area contributed by atoms with E-state index >= 15 is 0 Å². The van der Waals surface area contributed by atoms with Gasteiger partial charge in [-0.15, -0.1) is 0 Å². The van der Waals surface area contributed by atoms with E-state index in [2.05, 4.69) is 49.9 Å². The highest BCUT2D eigenvalue weighted by Gasteiger charge is 2.14. The van der Waals surface area contributed by atoms with Gasteiger partial charge in [-0.2, -0.15) is 0 Å². The summed E-state index contributed by atoms with van der Waals surface area (Å²) in [6.45, 7) is 12.6. The molecule has 0 aromatic heterocycles. The lowest BCUT2D eigenvalue weighted by Gasteiger charge is -2.26. The second kappa shape index (κ2) is 7.81. The molecule has 1 aromatic rings. The Morgan fingerprint density at radius 1 is 1.14 bits per heavy atom. The maximum Gasteiger partial charge on any atom is 0.119 e. The molecule has 2 rings (SSSR count). The first-order valence-electron chi connectivity index (χ1n) is 8.09. The SMILES string of the molecule is CC(C)(C)c1cccc(OCCCCN2CCOCC2)c1. The van der Waals surface area contributed by atoms with E-state index in [1.807, 2.05) is 0 Å². The molecule has 3 nitrogen and oxygen atoms in total. The van der Waals surface area contributed by atoms with Crippen molar-refractivity contribution in [1.82, 2.24) is 4.90 Å². The number of rotatable bonds is 6. The van der Waals surface area contributed by atoms with E-state index in [0.29, 0.717) is 0 Å². The molecule has 0 saturated carbocycles. The highest BCUT2D eigenvalue weighted by Crippen LogP contribution is 2.25. The number of morpholine rings is 1. The smallest absolute Gasteiger partial charge is 0.119 e. The zero-order valence-electron chi connectivity index (χ0n) is 13.7. The van der Waals surface area contributed by atoms with Gasteiger partial charge in [-0.25, -0.2) is 0 Å². The molecular formula is C18H29NO2. The Balaban J connectivity index is 1.66. The number of benzene rings is 1. The molecule has 118 valence electrons. The van der Waals surface area contributed by atoms with Crippen LogP contribution in [0.25, 0.3) is 0 Å². The molecule has 3 heteroatoms. The molecule has 0 unspecified atom stereocenters. The van der Waals surface area contributed by atoms with Crippen LogP contribution in [0.2, 0.25) is 0 Å². The van der Waals surface area contributed by atoms with E-state index in [1.54, 1.807) is 0 Å². The summed E-state index contributed by atoms with van der Waals surface area (Å²) in [7, 11) is 0. The molecule has 0 bridgehead atoms. The largest absolute Gasteiger partial charge is 0.494 e. The van der Waals surface area contributed by atoms with Crippen LogP contribution < -0.4 is 4.74 Å². The van der Waals surface area contributed by atoms with Gasteiger partial charge in [0.15, 0.2) is 0 Å². The van der Waals surface area contributed by atoms with E-state index in [4.69, 9.17) is 9.47 Å². The van der Waals surface area contributed by atoms with Crippen LogP contribution in [0.3, 0.4) is 0 Å². The molecule has 21 heavy (non-hydrogen) atoms. The Labute approximate surface area is 129 Å². The summed E-state index contributed by atoms with van der Waals surface area (Å²) in [4.78, 5) is 2.48. The lowest BCUT2D eigenvalue weighted by molar-refractivity contribution is 0.0368. The number of ether oxygens (including phenoxy) is 2. The first-order valence-corrected chi connectivity index (χ1v) is 8.09. The highest BCUT2D eigenvalue weighted by atomic mass is 16.5. The average molecular weight is 291 g/mol. The van der Waals surface area contributed by atoms with Crippen molar-refractivity contribution < 1.29 is 9.47 Å². The molecule has 1 fully saturated rings. The third-order valence-corrected chi connectivity index (χ3v) is 3.94. The third kappa shape index (κ3) is 5.68. The van der Waals surface area contributed by atoms with Crippen LogP contribution in [0.15, 0.2) is 24.3 Å². The summed E-state index contributed by atoms with van der Waals surface area (Å²) >= 11 is 0. The lowest BCUT2D eigenvalue weighted by Crippen LogP contribution is -2.36.